The Labute approximate surface area is 130 Å². The molecule has 0 saturated carbocycles. The summed E-state index contributed by atoms with van der Waals surface area (Å²) in [5, 5.41) is 6.06. The minimum atomic E-state index is 0.491. The minimum Gasteiger partial charge on any atom is -0.360 e. The first kappa shape index (κ1) is 13.5. The number of hydrazone groups is 1. The van der Waals surface area contributed by atoms with E-state index in [1.165, 1.54) is 0 Å². The standard InChI is InChI=1S/C13H10Cl2N4S/c14-9-4-3-8(6-10(9)15)17-13-19-18-12(7-20-13)11-2-1-5-16-11/h1-6,16H,7H2,(H,17,19). The number of rotatable bonds is 2. The molecule has 0 spiro atoms. The first-order chi connectivity index (χ1) is 9.72. The molecule has 0 amide bonds. The van der Waals surface area contributed by atoms with Gasteiger partial charge < -0.3 is 4.98 Å². The Morgan fingerprint density at radius 2 is 2.10 bits per heavy atom. The van der Waals surface area contributed by atoms with Crippen molar-refractivity contribution in [3.8, 4) is 0 Å². The van der Waals surface area contributed by atoms with Crippen LogP contribution >= 0.6 is 35.0 Å². The number of aromatic nitrogens is 1. The zero-order valence-electron chi connectivity index (χ0n) is 10.2. The highest BCUT2D eigenvalue weighted by Gasteiger charge is 2.13. The van der Waals surface area contributed by atoms with E-state index in [1.807, 2.05) is 24.4 Å². The van der Waals surface area contributed by atoms with Crippen molar-refractivity contribution in [3.63, 3.8) is 0 Å². The van der Waals surface area contributed by atoms with E-state index in [4.69, 9.17) is 23.2 Å². The average molecular weight is 325 g/mol. The van der Waals surface area contributed by atoms with Crippen molar-refractivity contribution in [2.45, 2.75) is 0 Å². The predicted octanol–water partition coefficient (Wildman–Crippen LogP) is 4.05. The van der Waals surface area contributed by atoms with Gasteiger partial charge in [0.1, 0.15) is 0 Å². The molecule has 102 valence electrons. The molecule has 1 aromatic heterocycles. The number of nitrogens with zero attached hydrogens (tertiary/aromatic N) is 2. The Balaban J connectivity index is 1.77. The predicted molar refractivity (Wildman–Crippen MR) is 86.5 cm³/mol. The number of hydrogen-bond acceptors (Lipinski definition) is 3. The van der Waals surface area contributed by atoms with Crippen LogP contribution in [0.15, 0.2) is 46.6 Å². The summed E-state index contributed by atoms with van der Waals surface area (Å²) < 4.78 is 0. The molecule has 7 heteroatoms. The van der Waals surface area contributed by atoms with Crippen molar-refractivity contribution in [3.05, 3.63) is 52.3 Å². The molecule has 0 unspecified atom stereocenters. The lowest BCUT2D eigenvalue weighted by atomic mass is 10.3. The smallest absolute Gasteiger partial charge is 0.182 e. The highest BCUT2D eigenvalue weighted by atomic mass is 35.5. The van der Waals surface area contributed by atoms with Crippen LogP contribution in [0.5, 0.6) is 0 Å². The van der Waals surface area contributed by atoms with Crippen LogP contribution in [0, 0.1) is 0 Å². The molecule has 3 rings (SSSR count). The molecule has 2 heterocycles. The lowest BCUT2D eigenvalue weighted by molar-refractivity contribution is 1.03. The van der Waals surface area contributed by atoms with Gasteiger partial charge in [0.15, 0.2) is 5.17 Å². The molecular formula is C13H10Cl2N4S. The second-order valence-corrected chi connectivity index (χ2v) is 5.84. The fourth-order valence-electron chi connectivity index (χ4n) is 1.69. The maximum Gasteiger partial charge on any atom is 0.182 e. The summed E-state index contributed by atoms with van der Waals surface area (Å²) in [7, 11) is 0. The fourth-order valence-corrected chi connectivity index (χ4v) is 2.76. The maximum absolute atomic E-state index is 5.96. The van der Waals surface area contributed by atoms with E-state index in [1.54, 1.807) is 23.9 Å². The molecular weight excluding hydrogens is 315 g/mol. The summed E-state index contributed by atoms with van der Waals surface area (Å²) in [5.74, 6) is 0.758. The van der Waals surface area contributed by atoms with Crippen LogP contribution in [-0.2, 0) is 0 Å². The molecule has 0 fully saturated rings. The van der Waals surface area contributed by atoms with Gasteiger partial charge in [-0.25, -0.2) is 4.99 Å². The Kier molecular flexibility index (Phi) is 4.00. The van der Waals surface area contributed by atoms with Crippen LogP contribution in [0.2, 0.25) is 10.0 Å². The molecule has 0 saturated heterocycles. The van der Waals surface area contributed by atoms with Gasteiger partial charge in [0.05, 0.1) is 27.1 Å². The molecule has 1 aromatic carbocycles. The number of nitrogens with one attached hydrogen (secondary N) is 2. The van der Waals surface area contributed by atoms with E-state index < -0.39 is 0 Å². The highest BCUT2D eigenvalue weighted by molar-refractivity contribution is 8.14. The number of H-pyrrole nitrogens is 1. The van der Waals surface area contributed by atoms with Gasteiger partial charge in [-0.3, -0.25) is 5.43 Å². The van der Waals surface area contributed by atoms with Gasteiger partial charge >= 0.3 is 0 Å². The number of aromatic amines is 1. The third kappa shape index (κ3) is 3.00. The van der Waals surface area contributed by atoms with E-state index >= 15 is 0 Å². The zero-order valence-corrected chi connectivity index (χ0v) is 12.6. The molecule has 0 radical (unpaired) electrons. The molecule has 2 N–H and O–H groups in total. The normalized spacial score (nSPS) is 16.9. The average Bonchev–Trinajstić information content (AvgIpc) is 2.98. The number of thioether (sulfide) groups is 1. The second-order valence-electron chi connectivity index (χ2n) is 4.06. The number of hydrogen-bond donors (Lipinski definition) is 2. The summed E-state index contributed by atoms with van der Waals surface area (Å²) in [6, 6.07) is 9.20. The van der Waals surface area contributed by atoms with Crippen LogP contribution in [0.4, 0.5) is 5.69 Å². The number of halogens is 2. The Morgan fingerprint density at radius 3 is 2.75 bits per heavy atom. The van der Waals surface area contributed by atoms with E-state index in [0.29, 0.717) is 10.0 Å². The largest absolute Gasteiger partial charge is 0.360 e. The summed E-state index contributed by atoms with van der Waals surface area (Å²) in [4.78, 5) is 7.57. The lowest BCUT2D eigenvalue weighted by Gasteiger charge is -2.13. The van der Waals surface area contributed by atoms with Gasteiger partial charge in [-0.15, -0.1) is 0 Å². The van der Waals surface area contributed by atoms with Crippen LogP contribution < -0.4 is 5.43 Å². The lowest BCUT2D eigenvalue weighted by Crippen LogP contribution is -2.25. The summed E-state index contributed by atoms with van der Waals surface area (Å²) in [5.41, 5.74) is 5.67. The van der Waals surface area contributed by atoms with Gasteiger partial charge in [-0.2, -0.15) is 5.10 Å². The summed E-state index contributed by atoms with van der Waals surface area (Å²) >= 11 is 13.4. The van der Waals surface area contributed by atoms with E-state index in [0.717, 1.165) is 28.0 Å². The minimum absolute atomic E-state index is 0.491. The van der Waals surface area contributed by atoms with E-state index in [2.05, 4.69) is 20.5 Å². The number of benzene rings is 1. The first-order valence-corrected chi connectivity index (χ1v) is 7.59. The van der Waals surface area contributed by atoms with E-state index in [-0.39, 0.29) is 0 Å². The quantitative estimate of drug-likeness (QED) is 0.875. The van der Waals surface area contributed by atoms with Gasteiger partial charge in [0.2, 0.25) is 0 Å². The molecule has 0 aliphatic carbocycles. The zero-order chi connectivity index (χ0) is 13.9. The Hall–Kier alpha value is -1.43. The number of amidine groups is 1. The monoisotopic (exact) mass is 324 g/mol. The van der Waals surface area contributed by atoms with Crippen molar-refractivity contribution in [1.82, 2.24) is 10.4 Å². The van der Waals surface area contributed by atoms with Crippen LogP contribution in [0.1, 0.15) is 5.69 Å². The van der Waals surface area contributed by atoms with Gasteiger partial charge in [0, 0.05) is 11.9 Å². The van der Waals surface area contributed by atoms with Crippen molar-refractivity contribution in [2.24, 2.45) is 10.1 Å². The van der Waals surface area contributed by atoms with Crippen LogP contribution in [0.25, 0.3) is 0 Å². The third-order valence-corrected chi connectivity index (χ3v) is 4.29. The summed E-state index contributed by atoms with van der Waals surface area (Å²) in [6.07, 6.45) is 1.88. The second kappa shape index (κ2) is 5.91. The van der Waals surface area contributed by atoms with E-state index in [9.17, 15) is 0 Å². The van der Waals surface area contributed by atoms with Crippen LogP contribution in [0.3, 0.4) is 0 Å². The SMILES string of the molecule is Clc1ccc(N=C2NN=C(c3ccc[nH]3)CS2)cc1Cl. The van der Waals surface area contributed by atoms with Crippen molar-refractivity contribution in [1.29, 1.82) is 0 Å². The van der Waals surface area contributed by atoms with Crippen LogP contribution in [-0.4, -0.2) is 21.6 Å². The third-order valence-electron chi connectivity index (χ3n) is 2.67. The van der Waals surface area contributed by atoms with Gasteiger partial charge in [0.25, 0.3) is 0 Å². The van der Waals surface area contributed by atoms with Gasteiger partial charge in [-0.05, 0) is 30.3 Å². The number of aliphatic imine (C=N–C) groups is 1. The molecule has 0 bridgehead atoms. The molecule has 0 atom stereocenters. The fraction of sp³-hybridized carbons (Fsp3) is 0.0769. The Morgan fingerprint density at radius 1 is 1.20 bits per heavy atom. The van der Waals surface area contributed by atoms with Crippen molar-refractivity contribution in [2.75, 3.05) is 5.75 Å². The topological polar surface area (TPSA) is 52.5 Å². The maximum atomic E-state index is 5.96. The Bertz CT molecular complexity index is 680. The first-order valence-electron chi connectivity index (χ1n) is 5.85. The molecule has 1 aliphatic heterocycles. The molecule has 20 heavy (non-hydrogen) atoms. The summed E-state index contributed by atoms with van der Waals surface area (Å²) in [6.45, 7) is 0. The van der Waals surface area contributed by atoms with Crippen molar-refractivity contribution >= 4 is 51.5 Å². The molecule has 4 nitrogen and oxygen atoms in total. The molecule has 1 aliphatic rings. The van der Waals surface area contributed by atoms with Gasteiger partial charge in [-0.1, -0.05) is 35.0 Å². The molecule has 2 aromatic rings. The highest BCUT2D eigenvalue weighted by Crippen LogP contribution is 2.27. The van der Waals surface area contributed by atoms with Crippen molar-refractivity contribution < 1.29 is 0 Å².